The number of carboxylic acids is 1. The molecular formula is C25H34N8O6. The van der Waals surface area contributed by atoms with Crippen molar-refractivity contribution in [3.8, 4) is 0 Å². The molecule has 3 rings (SSSR count). The number of benzene rings is 1. The maximum absolute atomic E-state index is 13.3. The maximum atomic E-state index is 13.3. The second kappa shape index (κ2) is 14.0. The Morgan fingerprint density at radius 2 is 1.87 bits per heavy atom. The van der Waals surface area contributed by atoms with Crippen molar-refractivity contribution in [2.24, 2.45) is 5.92 Å². The molecule has 4 amide bonds. The first kappa shape index (κ1) is 29.2. The summed E-state index contributed by atoms with van der Waals surface area (Å²) in [4.78, 5) is 63.8. The zero-order valence-electron chi connectivity index (χ0n) is 22.0. The van der Waals surface area contributed by atoms with Crippen LogP contribution in [-0.2, 0) is 36.9 Å². The highest BCUT2D eigenvalue weighted by Gasteiger charge is 2.38. The van der Waals surface area contributed by atoms with Gasteiger partial charge in [-0.2, -0.15) is 5.21 Å². The van der Waals surface area contributed by atoms with Gasteiger partial charge in [0.1, 0.15) is 12.1 Å². The third-order valence-electron chi connectivity index (χ3n) is 6.63. The van der Waals surface area contributed by atoms with E-state index in [4.69, 9.17) is 5.11 Å². The van der Waals surface area contributed by atoms with Crippen LogP contribution < -0.4 is 20.9 Å². The zero-order chi connectivity index (χ0) is 28.4. The van der Waals surface area contributed by atoms with Crippen LogP contribution in [0.2, 0.25) is 0 Å². The average Bonchev–Trinajstić information content (AvgIpc) is 3.58. The standard InChI is InChI=1S/C25H34N8O6/c1-3-15(2)23(28-20(34)10-6-7-11-22(36)37)25(39)27-14-21(35)33-17-9-5-4-8-16(17)12-18(33)24(38)26-13-19-29-31-32-30-19/h4-5,8-9,15,18,23H,3,6-7,10-14H2,1-2H3,(H,26,38)(H,27,39)(H,28,34)(H,36,37)(H,29,30,31,32)/t15?,18-,23?/m0/s1. The van der Waals surface area contributed by atoms with E-state index in [1.807, 2.05) is 26.0 Å². The van der Waals surface area contributed by atoms with E-state index >= 15 is 0 Å². The van der Waals surface area contributed by atoms with Crippen molar-refractivity contribution in [3.05, 3.63) is 35.7 Å². The second-order valence-corrected chi connectivity index (χ2v) is 9.41. The minimum absolute atomic E-state index is 0.0274. The smallest absolute Gasteiger partial charge is 0.303 e. The number of hydrogen-bond acceptors (Lipinski definition) is 8. The SMILES string of the molecule is CCC(C)C(NC(=O)CCCCC(=O)O)C(=O)NCC(=O)N1c2ccccc2C[C@H]1C(=O)NCc1nn[nH]n1. The van der Waals surface area contributed by atoms with Gasteiger partial charge >= 0.3 is 5.97 Å². The van der Waals surface area contributed by atoms with Crippen molar-refractivity contribution in [1.29, 1.82) is 0 Å². The fourth-order valence-corrected chi connectivity index (χ4v) is 4.31. The lowest BCUT2D eigenvalue weighted by Gasteiger charge is -2.26. The molecule has 2 aromatic rings. The molecule has 0 aliphatic carbocycles. The van der Waals surface area contributed by atoms with Crippen molar-refractivity contribution in [1.82, 2.24) is 36.6 Å². The van der Waals surface area contributed by atoms with Crippen LogP contribution in [0.15, 0.2) is 24.3 Å². The Balaban J connectivity index is 1.62. The molecule has 0 saturated carbocycles. The van der Waals surface area contributed by atoms with Gasteiger partial charge in [-0.1, -0.05) is 43.7 Å². The van der Waals surface area contributed by atoms with Crippen LogP contribution in [0.5, 0.6) is 0 Å². The lowest BCUT2D eigenvalue weighted by Crippen LogP contribution is -2.54. The molecule has 0 bridgehead atoms. The summed E-state index contributed by atoms with van der Waals surface area (Å²) in [5, 5.41) is 30.1. The number of nitrogens with one attached hydrogen (secondary N) is 4. The van der Waals surface area contributed by atoms with Gasteiger partial charge in [0.05, 0.1) is 13.1 Å². The summed E-state index contributed by atoms with van der Waals surface area (Å²) in [6, 6.07) is 5.48. The minimum Gasteiger partial charge on any atom is -0.481 e. The molecule has 1 aliphatic rings. The van der Waals surface area contributed by atoms with E-state index in [1.165, 1.54) is 4.90 Å². The number of amides is 4. The molecule has 2 unspecified atom stereocenters. The molecule has 1 aliphatic heterocycles. The Kier molecular flexibility index (Phi) is 10.5. The predicted octanol–water partition coefficient (Wildman–Crippen LogP) is 0.0659. The summed E-state index contributed by atoms with van der Waals surface area (Å²) in [6.45, 7) is 3.36. The summed E-state index contributed by atoms with van der Waals surface area (Å²) in [5.74, 6) is -2.59. The molecule has 2 heterocycles. The van der Waals surface area contributed by atoms with E-state index in [0.717, 1.165) is 5.56 Å². The Hall–Kier alpha value is -4.36. The Morgan fingerprint density at radius 1 is 1.13 bits per heavy atom. The van der Waals surface area contributed by atoms with Crippen LogP contribution in [0.4, 0.5) is 5.69 Å². The number of aliphatic carboxylic acids is 1. The van der Waals surface area contributed by atoms with Crippen molar-refractivity contribution >= 4 is 35.3 Å². The van der Waals surface area contributed by atoms with Crippen LogP contribution in [0.1, 0.15) is 57.3 Å². The molecular weight excluding hydrogens is 508 g/mol. The number of aromatic nitrogens is 4. The number of rotatable bonds is 14. The number of para-hydroxylation sites is 1. The summed E-state index contributed by atoms with van der Waals surface area (Å²) in [6.07, 6.45) is 1.72. The number of fused-ring (bicyclic) bond motifs is 1. The molecule has 14 heteroatoms. The van der Waals surface area contributed by atoms with Crippen LogP contribution in [0.25, 0.3) is 0 Å². The third kappa shape index (κ3) is 8.06. The molecule has 210 valence electrons. The average molecular weight is 543 g/mol. The highest BCUT2D eigenvalue weighted by molar-refractivity contribution is 6.05. The lowest BCUT2D eigenvalue weighted by molar-refractivity contribution is -0.137. The Labute approximate surface area is 225 Å². The number of anilines is 1. The quantitative estimate of drug-likeness (QED) is 0.205. The molecule has 1 aromatic heterocycles. The first-order valence-electron chi connectivity index (χ1n) is 12.9. The summed E-state index contributed by atoms with van der Waals surface area (Å²) in [5.41, 5.74) is 1.41. The largest absolute Gasteiger partial charge is 0.481 e. The van der Waals surface area contributed by atoms with Crippen LogP contribution in [0, 0.1) is 5.92 Å². The molecule has 0 radical (unpaired) electrons. The van der Waals surface area contributed by atoms with Gasteiger partial charge in [-0.05, 0) is 30.4 Å². The molecule has 0 spiro atoms. The predicted molar refractivity (Wildman–Crippen MR) is 138 cm³/mol. The van der Waals surface area contributed by atoms with Gasteiger partial charge in [0, 0.05) is 24.9 Å². The van der Waals surface area contributed by atoms with Gasteiger partial charge in [-0.15, -0.1) is 10.2 Å². The van der Waals surface area contributed by atoms with E-state index in [1.54, 1.807) is 12.1 Å². The Bertz CT molecular complexity index is 1170. The van der Waals surface area contributed by atoms with Crippen LogP contribution in [0.3, 0.4) is 0 Å². The number of aromatic amines is 1. The highest BCUT2D eigenvalue weighted by atomic mass is 16.4. The number of carbonyl (C=O) groups is 5. The number of unbranched alkanes of at least 4 members (excludes halogenated alkanes) is 1. The molecule has 14 nitrogen and oxygen atoms in total. The summed E-state index contributed by atoms with van der Waals surface area (Å²) < 4.78 is 0. The van der Waals surface area contributed by atoms with E-state index < -0.39 is 35.8 Å². The van der Waals surface area contributed by atoms with Gasteiger partial charge in [0.2, 0.25) is 23.6 Å². The van der Waals surface area contributed by atoms with Crippen molar-refractivity contribution < 1.29 is 29.1 Å². The molecule has 0 saturated heterocycles. The number of H-pyrrole nitrogens is 1. The van der Waals surface area contributed by atoms with E-state index in [9.17, 15) is 24.0 Å². The second-order valence-electron chi connectivity index (χ2n) is 9.41. The van der Waals surface area contributed by atoms with Crippen molar-refractivity contribution in [3.63, 3.8) is 0 Å². The lowest BCUT2D eigenvalue weighted by atomic mass is 9.98. The molecule has 5 N–H and O–H groups in total. The van der Waals surface area contributed by atoms with Crippen LogP contribution in [-0.4, -0.2) is 74.0 Å². The monoisotopic (exact) mass is 542 g/mol. The summed E-state index contributed by atoms with van der Waals surface area (Å²) >= 11 is 0. The third-order valence-corrected chi connectivity index (χ3v) is 6.63. The fourth-order valence-electron chi connectivity index (χ4n) is 4.31. The normalized spacial score (nSPS) is 15.6. The Morgan fingerprint density at radius 3 is 2.56 bits per heavy atom. The highest BCUT2D eigenvalue weighted by Crippen LogP contribution is 2.32. The topological polar surface area (TPSA) is 199 Å². The summed E-state index contributed by atoms with van der Waals surface area (Å²) in [7, 11) is 0. The van der Waals surface area contributed by atoms with Gasteiger partial charge in [-0.25, -0.2) is 0 Å². The maximum Gasteiger partial charge on any atom is 0.303 e. The minimum atomic E-state index is -0.927. The fraction of sp³-hybridized carbons (Fsp3) is 0.520. The molecule has 39 heavy (non-hydrogen) atoms. The van der Waals surface area contributed by atoms with Crippen LogP contribution >= 0.6 is 0 Å². The number of nitrogens with zero attached hydrogens (tertiary/aromatic N) is 4. The first-order chi connectivity index (χ1) is 18.7. The first-order valence-corrected chi connectivity index (χ1v) is 12.9. The van der Waals surface area contributed by atoms with Gasteiger partial charge in [0.25, 0.3) is 0 Å². The molecule has 0 fully saturated rings. The number of carboxylic acid groups (broad SMARTS) is 1. The van der Waals surface area contributed by atoms with E-state index in [-0.39, 0.29) is 37.8 Å². The molecule has 3 atom stereocenters. The van der Waals surface area contributed by atoms with Gasteiger partial charge in [0.15, 0.2) is 5.82 Å². The van der Waals surface area contributed by atoms with E-state index in [2.05, 4.69) is 36.6 Å². The number of hydrogen-bond donors (Lipinski definition) is 5. The number of carbonyl (C=O) groups excluding carboxylic acids is 4. The van der Waals surface area contributed by atoms with Gasteiger partial charge in [-0.3, -0.25) is 28.9 Å². The molecule has 1 aromatic carbocycles. The van der Waals surface area contributed by atoms with Crippen molar-refractivity contribution in [2.45, 2.75) is 71.0 Å². The van der Waals surface area contributed by atoms with Crippen molar-refractivity contribution in [2.75, 3.05) is 11.4 Å². The number of tetrazole rings is 1. The van der Waals surface area contributed by atoms with Gasteiger partial charge < -0.3 is 21.1 Å². The van der Waals surface area contributed by atoms with E-state index in [0.29, 0.717) is 37.2 Å². The zero-order valence-corrected chi connectivity index (χ0v) is 22.0.